The summed E-state index contributed by atoms with van der Waals surface area (Å²) in [7, 11) is 0. The van der Waals surface area contributed by atoms with E-state index in [0.717, 1.165) is 74.0 Å². The van der Waals surface area contributed by atoms with Gasteiger partial charge in [-0.05, 0) is 56.2 Å². The lowest BCUT2D eigenvalue weighted by atomic mass is 9.37. The van der Waals surface area contributed by atoms with E-state index >= 15 is 0 Å². The molecule has 0 spiro atoms. The summed E-state index contributed by atoms with van der Waals surface area (Å²) < 4.78 is 0. The van der Waals surface area contributed by atoms with Gasteiger partial charge >= 0.3 is 0 Å². The van der Waals surface area contributed by atoms with E-state index in [9.17, 15) is 10.2 Å². The standard InChI is InChI=1S/C52H98O2S/c1-25-41(9,10)49(42(11,12)26-2)33-37(39(53)51(35-49,45(17,18)29-5)46(19,20)30-6)55-38-34-50(43(13,14)27-3,44(15,16)28-4)36-52(40(38)54,47(21,22)31-7)48(23,24)32-8/h33-34,39-40,53-54H,25-32,35-36H2,1-24H3. The molecular weight excluding hydrogens is 689 g/mol. The molecule has 2 aliphatic rings. The largest absolute Gasteiger partial charge is 0.387 e. The second-order valence-electron chi connectivity index (χ2n) is 24.1. The van der Waals surface area contributed by atoms with Crippen molar-refractivity contribution in [1.82, 2.24) is 0 Å². The van der Waals surface area contributed by atoms with Crippen LogP contribution in [0, 0.1) is 65.0 Å². The Morgan fingerprint density at radius 2 is 0.582 bits per heavy atom. The van der Waals surface area contributed by atoms with E-state index in [0.29, 0.717) is 0 Å². The monoisotopic (exact) mass is 787 g/mol. The Morgan fingerprint density at radius 3 is 0.745 bits per heavy atom. The molecule has 0 radical (unpaired) electrons. The zero-order valence-electron chi connectivity index (χ0n) is 41.7. The van der Waals surface area contributed by atoms with Crippen molar-refractivity contribution in [2.75, 3.05) is 0 Å². The van der Waals surface area contributed by atoms with Gasteiger partial charge in [0.25, 0.3) is 0 Å². The second-order valence-corrected chi connectivity index (χ2v) is 25.3. The minimum absolute atomic E-state index is 0.0345. The van der Waals surface area contributed by atoms with Gasteiger partial charge in [-0.25, -0.2) is 0 Å². The van der Waals surface area contributed by atoms with Gasteiger partial charge in [-0.2, -0.15) is 0 Å². The molecule has 2 unspecified atom stereocenters. The zero-order chi connectivity index (χ0) is 43.5. The molecule has 2 nitrogen and oxygen atoms in total. The van der Waals surface area contributed by atoms with Crippen LogP contribution in [0.5, 0.6) is 0 Å². The lowest BCUT2D eigenvalue weighted by molar-refractivity contribution is -0.192. The van der Waals surface area contributed by atoms with Crippen LogP contribution >= 0.6 is 11.8 Å². The number of hydrogen-bond acceptors (Lipinski definition) is 3. The van der Waals surface area contributed by atoms with Crippen LogP contribution in [0.3, 0.4) is 0 Å². The molecule has 55 heavy (non-hydrogen) atoms. The molecule has 0 saturated heterocycles. The normalized spacial score (nSPS) is 24.0. The maximum absolute atomic E-state index is 13.6. The van der Waals surface area contributed by atoms with Crippen molar-refractivity contribution in [3.05, 3.63) is 22.0 Å². The first-order valence-electron chi connectivity index (χ1n) is 23.1. The molecule has 0 fully saturated rings. The summed E-state index contributed by atoms with van der Waals surface area (Å²) in [5.74, 6) is 0. The van der Waals surface area contributed by atoms with E-state index in [2.05, 4.69) is 178 Å². The van der Waals surface area contributed by atoms with Crippen molar-refractivity contribution in [3.63, 3.8) is 0 Å². The third-order valence-electron chi connectivity index (χ3n) is 20.3. The molecule has 2 N–H and O–H groups in total. The van der Waals surface area contributed by atoms with Gasteiger partial charge in [-0.1, -0.05) is 241 Å². The summed E-state index contributed by atoms with van der Waals surface area (Å²) in [6, 6.07) is 0. The predicted octanol–water partition coefficient (Wildman–Crippen LogP) is 16.5. The number of aliphatic hydroxyl groups excluding tert-OH is 2. The lowest BCUT2D eigenvalue weighted by Gasteiger charge is -2.69. The molecule has 2 rings (SSSR count). The van der Waals surface area contributed by atoms with Crippen LogP contribution in [0.4, 0.5) is 0 Å². The highest BCUT2D eigenvalue weighted by Gasteiger charge is 2.70. The Bertz CT molecular complexity index is 1210. The predicted molar refractivity (Wildman–Crippen MR) is 247 cm³/mol. The van der Waals surface area contributed by atoms with Crippen LogP contribution in [-0.4, -0.2) is 22.4 Å². The SMILES string of the molecule is CCC(C)(C)C1(C(C)(C)CC)C=C(SC2=CC(C(C)(C)CC)(C(C)(C)CC)CC(C(C)(C)CC)(C(C)(C)CC)C2O)C(O)C(C(C)(C)CC)(C(C)(C)CC)C1. The molecule has 0 heterocycles. The van der Waals surface area contributed by atoms with E-state index in [1.165, 1.54) is 0 Å². The van der Waals surface area contributed by atoms with Crippen molar-refractivity contribution in [3.8, 4) is 0 Å². The van der Waals surface area contributed by atoms with Crippen LogP contribution in [0.2, 0.25) is 0 Å². The number of aliphatic hydroxyl groups is 2. The highest BCUT2D eigenvalue weighted by atomic mass is 32.2. The molecule has 2 aliphatic carbocycles. The average Bonchev–Trinajstić information content (AvgIpc) is 3.12. The maximum atomic E-state index is 13.6. The fourth-order valence-corrected chi connectivity index (χ4v) is 14.4. The van der Waals surface area contributed by atoms with Crippen LogP contribution in [0.15, 0.2) is 22.0 Å². The molecule has 0 amide bonds. The topological polar surface area (TPSA) is 40.5 Å². The Hall–Kier alpha value is -0.250. The van der Waals surface area contributed by atoms with Gasteiger partial charge in [0.05, 0.1) is 12.2 Å². The molecule has 324 valence electrons. The van der Waals surface area contributed by atoms with Crippen molar-refractivity contribution < 1.29 is 10.2 Å². The summed E-state index contributed by atoms with van der Waals surface area (Å²) in [6.45, 7) is 58.6. The Balaban J connectivity index is 3.48. The molecule has 0 saturated carbocycles. The molecule has 2 atom stereocenters. The van der Waals surface area contributed by atoms with Crippen molar-refractivity contribution in [1.29, 1.82) is 0 Å². The van der Waals surface area contributed by atoms with Crippen LogP contribution in [-0.2, 0) is 0 Å². The summed E-state index contributed by atoms with van der Waals surface area (Å²) in [5.41, 5.74) is -1.97. The van der Waals surface area contributed by atoms with Gasteiger partial charge in [0.2, 0.25) is 0 Å². The zero-order valence-corrected chi connectivity index (χ0v) is 42.5. The minimum Gasteiger partial charge on any atom is -0.387 e. The van der Waals surface area contributed by atoms with Crippen LogP contribution < -0.4 is 0 Å². The first-order valence-corrected chi connectivity index (χ1v) is 24.0. The number of allylic oxidation sites excluding steroid dienone is 2. The average molecular weight is 787 g/mol. The van der Waals surface area contributed by atoms with Gasteiger partial charge < -0.3 is 10.2 Å². The van der Waals surface area contributed by atoms with E-state index in [4.69, 9.17) is 0 Å². The molecule has 0 aromatic carbocycles. The van der Waals surface area contributed by atoms with E-state index in [1.807, 2.05) is 0 Å². The first kappa shape index (κ1) is 50.9. The molecule has 0 aromatic rings. The number of thioether (sulfide) groups is 1. The summed E-state index contributed by atoms with van der Waals surface area (Å²) >= 11 is 1.80. The van der Waals surface area contributed by atoms with Gasteiger partial charge in [0, 0.05) is 31.5 Å². The van der Waals surface area contributed by atoms with Crippen molar-refractivity contribution in [2.24, 2.45) is 65.0 Å². The van der Waals surface area contributed by atoms with Crippen LogP contribution in [0.1, 0.15) is 230 Å². The van der Waals surface area contributed by atoms with Gasteiger partial charge in [-0.3, -0.25) is 0 Å². The summed E-state index contributed by atoms with van der Waals surface area (Å²) in [4.78, 5) is 2.17. The van der Waals surface area contributed by atoms with E-state index in [-0.39, 0.29) is 54.1 Å². The quantitative estimate of drug-likeness (QED) is 0.145. The minimum atomic E-state index is -0.661. The Morgan fingerprint density at radius 1 is 0.400 bits per heavy atom. The highest BCUT2D eigenvalue weighted by Crippen LogP contribution is 2.76. The lowest BCUT2D eigenvalue weighted by Crippen LogP contribution is -2.65. The summed E-state index contributed by atoms with van der Waals surface area (Å²) in [6.07, 6.45) is 14.0. The Labute approximate surface area is 350 Å². The third kappa shape index (κ3) is 7.16. The van der Waals surface area contributed by atoms with Crippen LogP contribution in [0.25, 0.3) is 0 Å². The molecule has 0 aliphatic heterocycles. The molecule has 3 heteroatoms. The van der Waals surface area contributed by atoms with Gasteiger partial charge in [0.15, 0.2) is 0 Å². The smallest absolute Gasteiger partial charge is 0.0915 e. The van der Waals surface area contributed by atoms with Gasteiger partial charge in [-0.15, -0.1) is 0 Å². The Kier molecular flexibility index (Phi) is 14.8. The summed E-state index contributed by atoms with van der Waals surface area (Å²) in [5, 5.41) is 27.3. The van der Waals surface area contributed by atoms with Crippen molar-refractivity contribution >= 4 is 11.8 Å². The second kappa shape index (κ2) is 16.0. The van der Waals surface area contributed by atoms with Crippen molar-refractivity contribution in [2.45, 2.75) is 243 Å². The van der Waals surface area contributed by atoms with Gasteiger partial charge in [0.1, 0.15) is 0 Å². The molecular formula is C52H98O2S. The molecule has 0 bridgehead atoms. The first-order chi connectivity index (χ1) is 24.6. The maximum Gasteiger partial charge on any atom is 0.0915 e. The van der Waals surface area contributed by atoms with E-state index < -0.39 is 23.0 Å². The fraction of sp³-hybridized carbons (Fsp3) is 0.923. The van der Waals surface area contributed by atoms with E-state index in [1.54, 1.807) is 11.8 Å². The highest BCUT2D eigenvalue weighted by molar-refractivity contribution is 8.06. The third-order valence-corrected chi connectivity index (χ3v) is 21.5. The fourth-order valence-electron chi connectivity index (χ4n) is 13.0. The number of rotatable bonds is 18. The number of hydrogen-bond donors (Lipinski definition) is 2. The molecule has 0 aromatic heterocycles.